The lowest BCUT2D eigenvalue weighted by molar-refractivity contribution is -0.150. The second kappa shape index (κ2) is 6.02. The van der Waals surface area contributed by atoms with Crippen LogP contribution in [0, 0.1) is 0 Å². The number of ether oxygens (including phenoxy) is 2. The number of aliphatic hydroxyl groups excluding tert-OH is 1. The molecule has 1 atom stereocenters. The Bertz CT molecular complexity index is 417. The van der Waals surface area contributed by atoms with Gasteiger partial charge in [0.2, 0.25) is 0 Å². The molecule has 94 valence electrons. The zero-order chi connectivity index (χ0) is 13.0. The number of aliphatic hydroxyl groups is 1. The third kappa shape index (κ3) is 2.98. The van der Waals surface area contributed by atoms with Crippen LogP contribution in [-0.4, -0.2) is 25.3 Å². The standard InChI is InChI=1S/C12H15BrO4/c1-4-8-9(13)5-7(6-10(8)16-2)11(14)12(15)17-3/h5-6,11,14H,4H2,1-3H3. The van der Waals surface area contributed by atoms with Gasteiger partial charge in [-0.1, -0.05) is 22.9 Å². The highest BCUT2D eigenvalue weighted by molar-refractivity contribution is 9.10. The number of hydrogen-bond acceptors (Lipinski definition) is 4. The lowest BCUT2D eigenvalue weighted by atomic mass is 10.0. The maximum absolute atomic E-state index is 11.2. The van der Waals surface area contributed by atoms with Gasteiger partial charge in [-0.3, -0.25) is 0 Å². The van der Waals surface area contributed by atoms with Crippen molar-refractivity contribution in [2.75, 3.05) is 14.2 Å². The first-order valence-corrected chi connectivity index (χ1v) is 5.96. The van der Waals surface area contributed by atoms with Crippen LogP contribution in [0.25, 0.3) is 0 Å². The Morgan fingerprint density at radius 1 is 1.47 bits per heavy atom. The van der Waals surface area contributed by atoms with Crippen molar-refractivity contribution in [2.24, 2.45) is 0 Å². The lowest BCUT2D eigenvalue weighted by Gasteiger charge is -2.14. The molecule has 0 aliphatic carbocycles. The van der Waals surface area contributed by atoms with Gasteiger partial charge in [0.1, 0.15) is 5.75 Å². The molecule has 1 rings (SSSR count). The van der Waals surface area contributed by atoms with E-state index >= 15 is 0 Å². The van der Waals surface area contributed by atoms with Crippen molar-refractivity contribution in [3.05, 3.63) is 27.7 Å². The Morgan fingerprint density at radius 2 is 2.12 bits per heavy atom. The zero-order valence-corrected chi connectivity index (χ0v) is 11.6. The van der Waals surface area contributed by atoms with Gasteiger partial charge in [-0.15, -0.1) is 0 Å². The number of methoxy groups -OCH3 is 2. The van der Waals surface area contributed by atoms with Crippen LogP contribution in [0.4, 0.5) is 0 Å². The molecule has 1 aromatic carbocycles. The van der Waals surface area contributed by atoms with Crippen LogP contribution in [-0.2, 0) is 16.0 Å². The van der Waals surface area contributed by atoms with E-state index in [9.17, 15) is 9.90 Å². The van der Waals surface area contributed by atoms with Crippen molar-refractivity contribution >= 4 is 21.9 Å². The second-order valence-corrected chi connectivity index (χ2v) is 4.32. The third-order valence-electron chi connectivity index (χ3n) is 2.49. The van der Waals surface area contributed by atoms with E-state index in [2.05, 4.69) is 20.7 Å². The first-order valence-electron chi connectivity index (χ1n) is 5.17. The van der Waals surface area contributed by atoms with E-state index in [0.29, 0.717) is 11.3 Å². The van der Waals surface area contributed by atoms with Crippen LogP contribution in [0.1, 0.15) is 24.2 Å². The molecule has 0 heterocycles. The summed E-state index contributed by atoms with van der Waals surface area (Å²) < 4.78 is 10.5. The van der Waals surface area contributed by atoms with Crippen molar-refractivity contribution in [2.45, 2.75) is 19.4 Å². The quantitative estimate of drug-likeness (QED) is 0.867. The zero-order valence-electron chi connectivity index (χ0n) is 9.99. The molecule has 0 spiro atoms. The average molecular weight is 303 g/mol. The van der Waals surface area contributed by atoms with Crippen LogP contribution in [0.5, 0.6) is 5.75 Å². The van der Waals surface area contributed by atoms with Crippen molar-refractivity contribution < 1.29 is 19.4 Å². The number of carbonyl (C=O) groups is 1. The fraction of sp³-hybridized carbons (Fsp3) is 0.417. The Hall–Kier alpha value is -1.07. The van der Waals surface area contributed by atoms with Crippen molar-refractivity contribution in [3.8, 4) is 5.75 Å². The molecular formula is C12H15BrO4. The van der Waals surface area contributed by atoms with Crippen molar-refractivity contribution in [1.29, 1.82) is 0 Å². The number of esters is 1. The van der Waals surface area contributed by atoms with Gasteiger partial charge in [0.25, 0.3) is 0 Å². The molecule has 5 heteroatoms. The smallest absolute Gasteiger partial charge is 0.339 e. The van der Waals surface area contributed by atoms with Crippen LogP contribution < -0.4 is 4.74 Å². The lowest BCUT2D eigenvalue weighted by Crippen LogP contribution is -2.13. The summed E-state index contributed by atoms with van der Waals surface area (Å²) in [6.07, 6.45) is -0.505. The summed E-state index contributed by atoms with van der Waals surface area (Å²) in [7, 11) is 2.79. The minimum Gasteiger partial charge on any atom is -0.496 e. The second-order valence-electron chi connectivity index (χ2n) is 3.46. The van der Waals surface area contributed by atoms with Gasteiger partial charge in [-0.05, 0) is 24.1 Å². The monoisotopic (exact) mass is 302 g/mol. The molecule has 0 bridgehead atoms. The molecule has 17 heavy (non-hydrogen) atoms. The number of benzene rings is 1. The Balaban J connectivity index is 3.19. The summed E-state index contributed by atoms with van der Waals surface area (Å²) in [4.78, 5) is 11.2. The first-order chi connectivity index (χ1) is 8.04. The highest BCUT2D eigenvalue weighted by atomic mass is 79.9. The Kier molecular flexibility index (Phi) is 4.96. The molecule has 0 radical (unpaired) electrons. The van der Waals surface area contributed by atoms with Crippen LogP contribution in [0.2, 0.25) is 0 Å². The van der Waals surface area contributed by atoms with Crippen molar-refractivity contribution in [3.63, 3.8) is 0 Å². The molecular weight excluding hydrogens is 288 g/mol. The normalized spacial score (nSPS) is 12.1. The summed E-state index contributed by atoms with van der Waals surface area (Å²) in [5.74, 6) is -0.0528. The predicted molar refractivity (Wildman–Crippen MR) is 67.0 cm³/mol. The van der Waals surface area contributed by atoms with Gasteiger partial charge in [-0.2, -0.15) is 0 Å². The number of rotatable bonds is 4. The summed E-state index contributed by atoms with van der Waals surface area (Å²) in [5.41, 5.74) is 1.44. The maximum atomic E-state index is 11.2. The van der Waals surface area contributed by atoms with Gasteiger partial charge in [0, 0.05) is 10.0 Å². The fourth-order valence-electron chi connectivity index (χ4n) is 1.56. The SMILES string of the molecule is CCc1c(Br)cc(C(O)C(=O)OC)cc1OC. The molecule has 4 nitrogen and oxygen atoms in total. The van der Waals surface area contributed by atoms with E-state index in [4.69, 9.17) is 4.74 Å². The molecule has 1 N–H and O–H groups in total. The molecule has 0 aliphatic heterocycles. The van der Waals surface area contributed by atoms with E-state index < -0.39 is 12.1 Å². The summed E-state index contributed by atoms with van der Waals surface area (Å²) in [5, 5.41) is 9.75. The first kappa shape index (κ1) is 14.0. The third-order valence-corrected chi connectivity index (χ3v) is 3.20. The number of carbonyl (C=O) groups excluding carboxylic acids is 1. The van der Waals surface area contributed by atoms with E-state index in [1.54, 1.807) is 19.2 Å². The van der Waals surface area contributed by atoms with Crippen LogP contribution in [0.15, 0.2) is 16.6 Å². The summed E-state index contributed by atoms with van der Waals surface area (Å²) in [6.45, 7) is 2.00. The molecule has 0 aromatic heterocycles. The van der Waals surface area contributed by atoms with Gasteiger partial charge >= 0.3 is 5.97 Å². The summed E-state index contributed by atoms with van der Waals surface area (Å²) in [6, 6.07) is 3.34. The highest BCUT2D eigenvalue weighted by Crippen LogP contribution is 2.32. The maximum Gasteiger partial charge on any atom is 0.339 e. The van der Waals surface area contributed by atoms with E-state index in [-0.39, 0.29) is 0 Å². The number of hydrogen-bond donors (Lipinski definition) is 1. The van der Waals surface area contributed by atoms with E-state index in [1.165, 1.54) is 7.11 Å². The average Bonchev–Trinajstić information content (AvgIpc) is 2.35. The minimum atomic E-state index is -1.30. The Morgan fingerprint density at radius 3 is 2.59 bits per heavy atom. The minimum absolute atomic E-state index is 0.442. The van der Waals surface area contributed by atoms with Crippen molar-refractivity contribution in [1.82, 2.24) is 0 Å². The summed E-state index contributed by atoms with van der Waals surface area (Å²) >= 11 is 3.40. The van der Waals surface area contributed by atoms with Gasteiger partial charge < -0.3 is 14.6 Å². The Labute approximate surface area is 109 Å². The molecule has 0 saturated carbocycles. The van der Waals surface area contributed by atoms with Gasteiger partial charge in [-0.25, -0.2) is 4.79 Å². The van der Waals surface area contributed by atoms with E-state index in [1.807, 2.05) is 6.92 Å². The molecule has 1 aromatic rings. The predicted octanol–water partition coefficient (Wildman–Crippen LogP) is 2.23. The molecule has 0 aliphatic rings. The molecule has 0 saturated heterocycles. The largest absolute Gasteiger partial charge is 0.496 e. The van der Waals surface area contributed by atoms with Gasteiger partial charge in [0.05, 0.1) is 14.2 Å². The molecule has 0 amide bonds. The molecule has 0 fully saturated rings. The van der Waals surface area contributed by atoms with Gasteiger partial charge in [0.15, 0.2) is 6.10 Å². The van der Waals surface area contributed by atoms with Crippen LogP contribution >= 0.6 is 15.9 Å². The fourth-order valence-corrected chi connectivity index (χ4v) is 2.30. The number of halogens is 1. The topological polar surface area (TPSA) is 55.8 Å². The highest BCUT2D eigenvalue weighted by Gasteiger charge is 2.20. The van der Waals surface area contributed by atoms with Crippen LogP contribution in [0.3, 0.4) is 0 Å². The van der Waals surface area contributed by atoms with E-state index in [0.717, 1.165) is 16.5 Å². The molecule has 1 unspecified atom stereocenters.